The zero-order valence-corrected chi connectivity index (χ0v) is 14.4. The monoisotopic (exact) mass is 395 g/mol. The van der Waals surface area contributed by atoms with Crippen LogP contribution in [0.5, 0.6) is 0 Å². The summed E-state index contributed by atoms with van der Waals surface area (Å²) in [6.45, 7) is 0. The number of nitrogens with zero attached hydrogens (tertiary/aromatic N) is 1. The number of amides is 2. The predicted octanol–water partition coefficient (Wildman–Crippen LogP) is 2.37. The summed E-state index contributed by atoms with van der Waals surface area (Å²) in [5.74, 6) is -1.51. The van der Waals surface area contributed by atoms with Gasteiger partial charge in [0.15, 0.2) is 0 Å². The van der Waals surface area contributed by atoms with Crippen LogP contribution in [0.4, 0.5) is 18.9 Å². The maximum atomic E-state index is 12.7. The Labute approximate surface area is 157 Å². The minimum Gasteiger partial charge on any atom is -0.368 e. The first-order valence-corrected chi connectivity index (χ1v) is 8.04. The van der Waals surface area contributed by atoms with Gasteiger partial charge in [0.05, 0.1) is 16.9 Å². The van der Waals surface area contributed by atoms with E-state index in [2.05, 4.69) is 5.32 Å². The first-order valence-electron chi connectivity index (χ1n) is 8.04. The molecule has 2 amide bonds. The van der Waals surface area contributed by atoms with Crippen LogP contribution >= 0.6 is 0 Å². The number of non-ortho nitro benzene ring substituents is 1. The number of nitrogens with two attached hydrogens (primary N) is 1. The van der Waals surface area contributed by atoms with Gasteiger partial charge in [0, 0.05) is 18.6 Å². The topological polar surface area (TPSA) is 115 Å². The van der Waals surface area contributed by atoms with Crippen LogP contribution in [0.2, 0.25) is 0 Å². The van der Waals surface area contributed by atoms with Gasteiger partial charge in [-0.3, -0.25) is 19.7 Å². The van der Waals surface area contributed by atoms with Crippen LogP contribution in [0.15, 0.2) is 48.5 Å². The molecule has 0 heterocycles. The van der Waals surface area contributed by atoms with Crippen LogP contribution in [0, 0.1) is 10.1 Å². The highest BCUT2D eigenvalue weighted by molar-refractivity contribution is 5.87. The van der Waals surface area contributed by atoms with Gasteiger partial charge in [0.2, 0.25) is 11.8 Å². The number of carbonyl (C=O) groups excluding carboxylic acids is 2. The fraction of sp³-hybridized carbons (Fsp3) is 0.222. The Balaban J connectivity index is 2.04. The highest BCUT2D eigenvalue weighted by atomic mass is 19.4. The molecule has 0 spiro atoms. The molecule has 1 atom stereocenters. The van der Waals surface area contributed by atoms with Crippen molar-refractivity contribution in [1.29, 1.82) is 0 Å². The average molecular weight is 395 g/mol. The molecule has 2 aromatic carbocycles. The van der Waals surface area contributed by atoms with Crippen molar-refractivity contribution < 1.29 is 27.7 Å². The number of primary amides is 1. The Kier molecular flexibility index (Phi) is 6.34. The van der Waals surface area contributed by atoms with E-state index in [1.165, 1.54) is 36.4 Å². The maximum Gasteiger partial charge on any atom is 0.416 e. The fourth-order valence-corrected chi connectivity index (χ4v) is 2.50. The summed E-state index contributed by atoms with van der Waals surface area (Å²) in [6, 6.07) is 8.53. The predicted molar refractivity (Wildman–Crippen MR) is 93.1 cm³/mol. The molecule has 10 heteroatoms. The van der Waals surface area contributed by atoms with Gasteiger partial charge < -0.3 is 11.1 Å². The van der Waals surface area contributed by atoms with E-state index < -0.39 is 34.5 Å². The minimum absolute atomic E-state index is 0.0122. The number of alkyl halides is 3. The molecule has 0 fully saturated rings. The van der Waals surface area contributed by atoms with Crippen molar-refractivity contribution >= 4 is 17.5 Å². The Morgan fingerprint density at radius 3 is 2.29 bits per heavy atom. The lowest BCUT2D eigenvalue weighted by Crippen LogP contribution is -2.46. The molecule has 0 bridgehead atoms. The van der Waals surface area contributed by atoms with Gasteiger partial charge in [-0.1, -0.05) is 30.3 Å². The number of nitro benzene ring substituents is 1. The Morgan fingerprint density at radius 1 is 1.11 bits per heavy atom. The summed E-state index contributed by atoms with van der Waals surface area (Å²) in [5, 5.41) is 13.0. The number of hydrogen-bond donors (Lipinski definition) is 2. The van der Waals surface area contributed by atoms with Gasteiger partial charge in [-0.15, -0.1) is 0 Å². The number of hydrogen-bond acceptors (Lipinski definition) is 4. The number of benzene rings is 2. The number of nitro groups is 1. The van der Waals surface area contributed by atoms with Crippen LogP contribution in [0.3, 0.4) is 0 Å². The minimum atomic E-state index is -4.53. The molecule has 0 saturated carbocycles. The lowest BCUT2D eigenvalue weighted by Gasteiger charge is -2.16. The van der Waals surface area contributed by atoms with Gasteiger partial charge in [-0.2, -0.15) is 13.2 Å². The van der Waals surface area contributed by atoms with E-state index in [1.54, 1.807) is 0 Å². The third-order valence-electron chi connectivity index (χ3n) is 3.88. The maximum absolute atomic E-state index is 12.7. The second-order valence-electron chi connectivity index (χ2n) is 6.03. The Bertz CT molecular complexity index is 882. The Hall–Kier alpha value is -3.43. The highest BCUT2D eigenvalue weighted by Crippen LogP contribution is 2.29. The quantitative estimate of drug-likeness (QED) is 0.553. The normalized spacial score (nSPS) is 12.2. The highest BCUT2D eigenvalue weighted by Gasteiger charge is 2.30. The van der Waals surface area contributed by atoms with Crippen LogP contribution in [-0.2, 0) is 28.6 Å². The van der Waals surface area contributed by atoms with E-state index >= 15 is 0 Å². The molecule has 0 aliphatic heterocycles. The van der Waals surface area contributed by atoms with Crippen molar-refractivity contribution in [3.05, 3.63) is 75.3 Å². The van der Waals surface area contributed by atoms with Crippen molar-refractivity contribution in [2.45, 2.75) is 25.1 Å². The van der Waals surface area contributed by atoms with E-state index in [1.807, 2.05) is 0 Å². The largest absolute Gasteiger partial charge is 0.416 e. The molecule has 2 aromatic rings. The van der Waals surface area contributed by atoms with Crippen LogP contribution in [0.25, 0.3) is 0 Å². The van der Waals surface area contributed by atoms with Gasteiger partial charge in [0.25, 0.3) is 5.69 Å². The SMILES string of the molecule is NC(=O)[C@@H](Cc1ccc([N+](=O)[O-])cc1)NC(=O)Cc1cccc(C(F)(F)F)c1. The zero-order valence-electron chi connectivity index (χ0n) is 14.4. The van der Waals surface area contributed by atoms with Gasteiger partial charge in [0.1, 0.15) is 6.04 Å². The second kappa shape index (κ2) is 8.51. The van der Waals surface area contributed by atoms with Crippen LogP contribution in [-0.4, -0.2) is 22.8 Å². The molecule has 0 aromatic heterocycles. The molecule has 2 rings (SSSR count). The van der Waals surface area contributed by atoms with Gasteiger partial charge in [-0.05, 0) is 17.2 Å². The molecule has 0 unspecified atom stereocenters. The number of carbonyl (C=O) groups is 2. The third-order valence-corrected chi connectivity index (χ3v) is 3.88. The molecule has 148 valence electrons. The van der Waals surface area contributed by atoms with Crippen molar-refractivity contribution in [3.63, 3.8) is 0 Å². The summed E-state index contributed by atoms with van der Waals surface area (Å²) in [7, 11) is 0. The summed E-state index contributed by atoms with van der Waals surface area (Å²) < 4.78 is 38.2. The zero-order chi connectivity index (χ0) is 20.9. The van der Waals surface area contributed by atoms with Crippen LogP contribution < -0.4 is 11.1 Å². The molecule has 0 aliphatic carbocycles. The smallest absolute Gasteiger partial charge is 0.368 e. The first kappa shape index (κ1) is 20.9. The number of rotatable bonds is 7. The third kappa shape index (κ3) is 5.79. The molecule has 0 aliphatic rings. The average Bonchev–Trinajstić information content (AvgIpc) is 2.61. The van der Waals surface area contributed by atoms with Crippen molar-refractivity contribution in [2.24, 2.45) is 5.73 Å². The summed E-state index contributed by atoms with van der Waals surface area (Å²) >= 11 is 0. The van der Waals surface area contributed by atoms with E-state index in [-0.39, 0.29) is 24.1 Å². The van der Waals surface area contributed by atoms with Crippen molar-refractivity contribution in [1.82, 2.24) is 5.32 Å². The molecular formula is C18H16F3N3O4. The van der Waals surface area contributed by atoms with Crippen molar-refractivity contribution in [2.75, 3.05) is 0 Å². The molecule has 0 radical (unpaired) electrons. The van der Waals surface area contributed by atoms with Gasteiger partial charge in [-0.25, -0.2) is 0 Å². The second-order valence-corrected chi connectivity index (χ2v) is 6.03. The van der Waals surface area contributed by atoms with Crippen LogP contribution in [0.1, 0.15) is 16.7 Å². The molecule has 7 nitrogen and oxygen atoms in total. The van der Waals surface area contributed by atoms with Crippen molar-refractivity contribution in [3.8, 4) is 0 Å². The van der Waals surface area contributed by atoms with Gasteiger partial charge >= 0.3 is 6.18 Å². The number of nitrogens with one attached hydrogen (secondary N) is 1. The van der Waals surface area contributed by atoms with E-state index in [0.717, 1.165) is 12.1 Å². The van der Waals surface area contributed by atoms with E-state index in [4.69, 9.17) is 5.73 Å². The first-order chi connectivity index (χ1) is 13.1. The van der Waals surface area contributed by atoms with E-state index in [0.29, 0.717) is 5.56 Å². The molecule has 0 saturated heterocycles. The molecule has 3 N–H and O–H groups in total. The Morgan fingerprint density at radius 2 is 1.75 bits per heavy atom. The lowest BCUT2D eigenvalue weighted by molar-refractivity contribution is -0.384. The molecule has 28 heavy (non-hydrogen) atoms. The lowest BCUT2D eigenvalue weighted by atomic mass is 10.0. The molecular weight excluding hydrogens is 379 g/mol. The number of halogens is 3. The van der Waals surface area contributed by atoms with E-state index in [9.17, 15) is 32.9 Å². The summed E-state index contributed by atoms with van der Waals surface area (Å²) in [4.78, 5) is 33.8. The summed E-state index contributed by atoms with van der Waals surface area (Å²) in [6.07, 6.45) is -4.91. The fourth-order valence-electron chi connectivity index (χ4n) is 2.50. The summed E-state index contributed by atoms with van der Waals surface area (Å²) in [5.41, 5.74) is 4.92. The standard InChI is InChI=1S/C18H16F3N3O4/c19-18(20,21)13-3-1-2-12(8-13)10-16(25)23-15(17(22)26)9-11-4-6-14(7-5-11)24(27)28/h1-8,15H,9-10H2,(H2,22,26)(H,23,25)/t15-/m1/s1.